The summed E-state index contributed by atoms with van der Waals surface area (Å²) in [6, 6.07) is 23.0. The minimum absolute atomic E-state index is 0.109. The molecule has 0 spiro atoms. The summed E-state index contributed by atoms with van der Waals surface area (Å²) in [4.78, 5) is 29.5. The van der Waals surface area contributed by atoms with Crippen molar-refractivity contribution in [1.29, 1.82) is 0 Å². The molecule has 0 aliphatic carbocycles. The highest BCUT2D eigenvalue weighted by molar-refractivity contribution is 5.99. The number of rotatable bonds is 7. The van der Waals surface area contributed by atoms with E-state index in [0.717, 1.165) is 64.1 Å². The van der Waals surface area contributed by atoms with Crippen LogP contribution in [0.2, 0.25) is 0 Å². The summed E-state index contributed by atoms with van der Waals surface area (Å²) < 4.78 is 2.27. The summed E-state index contributed by atoms with van der Waals surface area (Å²) in [6.45, 7) is 7.81. The molecule has 3 aromatic carbocycles. The molecule has 1 aliphatic heterocycles. The summed E-state index contributed by atoms with van der Waals surface area (Å²) in [7, 11) is 0. The smallest absolute Gasteiger partial charge is 0.336 e. The van der Waals surface area contributed by atoms with Crippen LogP contribution in [-0.4, -0.2) is 33.1 Å². The zero-order valence-electron chi connectivity index (χ0n) is 24.1. The Balaban J connectivity index is 1.21. The van der Waals surface area contributed by atoms with Gasteiger partial charge in [-0.25, -0.2) is 9.78 Å². The molecular weight excluding hydrogens is 524 g/mol. The maximum atomic E-state index is 13.3. The second-order valence-corrected chi connectivity index (χ2v) is 11.1. The van der Waals surface area contributed by atoms with E-state index in [1.807, 2.05) is 67.7 Å². The van der Waals surface area contributed by atoms with Crippen LogP contribution in [0.1, 0.15) is 68.1 Å². The molecule has 212 valence electrons. The third kappa shape index (κ3) is 5.14. The fourth-order valence-electron chi connectivity index (χ4n) is 5.85. The number of benzene rings is 3. The number of aromatic nitrogens is 2. The molecule has 0 saturated heterocycles. The minimum atomic E-state index is -0.935. The van der Waals surface area contributed by atoms with Gasteiger partial charge >= 0.3 is 5.97 Å². The number of pyridine rings is 1. The number of fused-ring (bicyclic) bond motifs is 2. The van der Waals surface area contributed by atoms with E-state index in [-0.39, 0.29) is 11.9 Å². The lowest BCUT2D eigenvalue weighted by molar-refractivity contribution is 0.0697. The van der Waals surface area contributed by atoms with Gasteiger partial charge in [0.1, 0.15) is 5.82 Å². The van der Waals surface area contributed by atoms with Gasteiger partial charge in [0.25, 0.3) is 5.91 Å². The van der Waals surface area contributed by atoms with Gasteiger partial charge in [-0.15, -0.1) is 0 Å². The number of aromatic carboxylic acids is 1. The fourth-order valence-corrected chi connectivity index (χ4v) is 5.85. The van der Waals surface area contributed by atoms with Gasteiger partial charge in [-0.3, -0.25) is 4.79 Å². The van der Waals surface area contributed by atoms with E-state index in [1.54, 1.807) is 12.1 Å². The maximum absolute atomic E-state index is 13.3. The number of anilines is 1. The number of aryl methyl sites for hydroxylation is 2. The Hall–Kier alpha value is -4.91. The molecule has 0 bridgehead atoms. The molecule has 3 heterocycles. The van der Waals surface area contributed by atoms with Gasteiger partial charge in [0, 0.05) is 41.4 Å². The SMILES string of the molecule is Cc1c(C)n(Cc2ccc(-c3ccccc3C(=O)O)cc2)c2ccc(C(=O)NC(C)c3cnc4c(c3)CCCN4)cc12. The number of carbonyl (C=O) groups is 2. The lowest BCUT2D eigenvalue weighted by Gasteiger charge is -2.20. The van der Waals surface area contributed by atoms with Gasteiger partial charge in [-0.1, -0.05) is 42.5 Å². The first kappa shape index (κ1) is 27.3. The molecule has 1 aliphatic rings. The number of carboxylic acids is 1. The topological polar surface area (TPSA) is 96.2 Å². The number of amides is 1. The van der Waals surface area contributed by atoms with Crippen molar-refractivity contribution < 1.29 is 14.7 Å². The van der Waals surface area contributed by atoms with Crippen LogP contribution in [0, 0.1) is 13.8 Å². The highest BCUT2D eigenvalue weighted by atomic mass is 16.4. The predicted octanol–water partition coefficient (Wildman–Crippen LogP) is 6.92. The van der Waals surface area contributed by atoms with E-state index in [0.29, 0.717) is 23.2 Å². The van der Waals surface area contributed by atoms with Crippen molar-refractivity contribution in [3.8, 4) is 11.1 Å². The van der Waals surface area contributed by atoms with Gasteiger partial charge in [-0.05, 0) is 97.3 Å². The highest BCUT2D eigenvalue weighted by Gasteiger charge is 2.18. The summed E-state index contributed by atoms with van der Waals surface area (Å²) in [5.41, 5.74) is 9.16. The normalized spacial score (nSPS) is 13.3. The number of carboxylic acid groups (broad SMARTS) is 1. The number of hydrogen-bond donors (Lipinski definition) is 3. The highest BCUT2D eigenvalue weighted by Crippen LogP contribution is 2.29. The van der Waals surface area contributed by atoms with E-state index in [9.17, 15) is 14.7 Å². The molecule has 1 amide bonds. The van der Waals surface area contributed by atoms with E-state index < -0.39 is 5.97 Å². The van der Waals surface area contributed by atoms with E-state index in [2.05, 4.69) is 40.1 Å². The van der Waals surface area contributed by atoms with Crippen molar-refractivity contribution in [2.24, 2.45) is 0 Å². The summed E-state index contributed by atoms with van der Waals surface area (Å²) in [6.07, 6.45) is 3.93. The van der Waals surface area contributed by atoms with Gasteiger partial charge in [0.2, 0.25) is 0 Å². The Bertz CT molecular complexity index is 1820. The largest absolute Gasteiger partial charge is 0.478 e. The number of hydrogen-bond acceptors (Lipinski definition) is 4. The van der Waals surface area contributed by atoms with Crippen molar-refractivity contribution in [3.63, 3.8) is 0 Å². The molecule has 42 heavy (non-hydrogen) atoms. The van der Waals surface area contributed by atoms with Crippen LogP contribution in [0.5, 0.6) is 0 Å². The predicted molar refractivity (Wildman–Crippen MR) is 166 cm³/mol. The number of nitrogens with zero attached hydrogens (tertiary/aromatic N) is 2. The van der Waals surface area contributed by atoms with E-state index in [1.165, 1.54) is 5.56 Å². The molecule has 0 radical (unpaired) electrons. The van der Waals surface area contributed by atoms with Crippen LogP contribution in [0.15, 0.2) is 79.0 Å². The number of nitrogens with one attached hydrogen (secondary N) is 2. The van der Waals surface area contributed by atoms with Crippen molar-refractivity contribution in [2.75, 3.05) is 11.9 Å². The first-order valence-electron chi connectivity index (χ1n) is 14.3. The van der Waals surface area contributed by atoms with Crippen molar-refractivity contribution in [2.45, 2.75) is 46.2 Å². The average Bonchev–Trinajstić information content (AvgIpc) is 3.25. The second kappa shape index (κ2) is 11.2. The van der Waals surface area contributed by atoms with Crippen molar-refractivity contribution in [1.82, 2.24) is 14.9 Å². The standard InChI is InChI=1S/C35H34N4O3/c1-21-23(3)39(20-24-10-12-25(13-11-24)29-8-4-5-9-30(29)35(41)42)32-15-14-27(18-31(21)32)34(40)38-22(2)28-17-26-7-6-16-36-33(26)37-19-28/h4-5,8-15,17-19,22H,6-7,16,20H2,1-3H3,(H,36,37)(H,38,40)(H,41,42). The van der Waals surface area contributed by atoms with Crippen LogP contribution in [0.4, 0.5) is 5.82 Å². The Morgan fingerprint density at radius 2 is 1.83 bits per heavy atom. The summed E-state index contributed by atoms with van der Waals surface area (Å²) in [5.74, 6) is -0.0960. The second-order valence-electron chi connectivity index (χ2n) is 11.1. The minimum Gasteiger partial charge on any atom is -0.478 e. The zero-order chi connectivity index (χ0) is 29.4. The lowest BCUT2D eigenvalue weighted by atomic mass is 9.99. The maximum Gasteiger partial charge on any atom is 0.336 e. The molecule has 5 aromatic rings. The van der Waals surface area contributed by atoms with E-state index in [4.69, 9.17) is 0 Å². The van der Waals surface area contributed by atoms with Crippen LogP contribution in [0.3, 0.4) is 0 Å². The Labute approximate surface area is 245 Å². The molecule has 7 heteroatoms. The van der Waals surface area contributed by atoms with Crippen LogP contribution < -0.4 is 10.6 Å². The van der Waals surface area contributed by atoms with Crippen LogP contribution >= 0.6 is 0 Å². The molecule has 3 N–H and O–H groups in total. The number of carbonyl (C=O) groups excluding carboxylic acids is 1. The molecule has 2 aromatic heterocycles. The molecule has 0 saturated carbocycles. The van der Waals surface area contributed by atoms with Crippen LogP contribution in [-0.2, 0) is 13.0 Å². The van der Waals surface area contributed by atoms with Gasteiger partial charge in [-0.2, -0.15) is 0 Å². The average molecular weight is 559 g/mol. The Morgan fingerprint density at radius 3 is 2.62 bits per heavy atom. The molecule has 1 atom stereocenters. The molecular formula is C35H34N4O3. The third-order valence-electron chi connectivity index (χ3n) is 8.41. The third-order valence-corrected chi connectivity index (χ3v) is 8.41. The molecule has 6 rings (SSSR count). The summed E-state index contributed by atoms with van der Waals surface area (Å²) in [5, 5.41) is 17.1. The van der Waals surface area contributed by atoms with Crippen molar-refractivity contribution in [3.05, 3.63) is 118 Å². The van der Waals surface area contributed by atoms with Gasteiger partial charge in [0.05, 0.1) is 11.6 Å². The molecule has 0 fully saturated rings. The lowest BCUT2D eigenvalue weighted by Crippen LogP contribution is -2.27. The van der Waals surface area contributed by atoms with Crippen LogP contribution in [0.25, 0.3) is 22.0 Å². The van der Waals surface area contributed by atoms with Gasteiger partial charge < -0.3 is 20.3 Å². The monoisotopic (exact) mass is 558 g/mol. The van der Waals surface area contributed by atoms with Crippen molar-refractivity contribution >= 4 is 28.6 Å². The summed E-state index contributed by atoms with van der Waals surface area (Å²) >= 11 is 0. The fraction of sp³-hybridized carbons (Fsp3) is 0.229. The van der Waals surface area contributed by atoms with E-state index >= 15 is 0 Å². The first-order chi connectivity index (χ1) is 20.3. The van der Waals surface area contributed by atoms with Gasteiger partial charge in [0.15, 0.2) is 0 Å². The quantitative estimate of drug-likeness (QED) is 0.202. The Kier molecular flexibility index (Phi) is 7.25. The Morgan fingerprint density at radius 1 is 1.05 bits per heavy atom. The first-order valence-corrected chi connectivity index (χ1v) is 14.3. The molecule has 7 nitrogen and oxygen atoms in total. The molecule has 1 unspecified atom stereocenters. The zero-order valence-corrected chi connectivity index (χ0v) is 24.1.